The third-order valence-corrected chi connectivity index (χ3v) is 8.39. The van der Waals surface area contributed by atoms with E-state index in [2.05, 4.69) is 0 Å². The molecule has 6 unspecified atom stereocenters. The van der Waals surface area contributed by atoms with Gasteiger partial charge in [0.05, 0.1) is 6.07 Å². The molecule has 9 heteroatoms. The van der Waals surface area contributed by atoms with Gasteiger partial charge in [-0.1, -0.05) is 13.8 Å². The van der Waals surface area contributed by atoms with Gasteiger partial charge in [0, 0.05) is 11.8 Å². The first-order valence-electron chi connectivity index (χ1n) is 11.9. The average Bonchev–Trinajstić information content (AvgIpc) is 3.55. The second-order valence-electron chi connectivity index (χ2n) is 10.1. The van der Waals surface area contributed by atoms with E-state index in [0.717, 1.165) is 25.7 Å². The molecule has 1 saturated heterocycles. The van der Waals surface area contributed by atoms with Gasteiger partial charge in [-0.3, -0.25) is 14.4 Å². The van der Waals surface area contributed by atoms with E-state index < -0.39 is 59.1 Å². The second-order valence-corrected chi connectivity index (χ2v) is 10.1. The third-order valence-electron chi connectivity index (χ3n) is 8.39. The highest BCUT2D eigenvalue weighted by molar-refractivity contribution is 6.03. The van der Waals surface area contributed by atoms with Gasteiger partial charge in [-0.2, -0.15) is 5.26 Å². The van der Waals surface area contributed by atoms with E-state index in [1.165, 1.54) is 6.92 Å². The van der Waals surface area contributed by atoms with Crippen LogP contribution in [0.4, 0.5) is 0 Å². The lowest BCUT2D eigenvalue weighted by Gasteiger charge is -2.35. The maximum atomic E-state index is 13.3. The van der Waals surface area contributed by atoms with Crippen LogP contribution in [0.15, 0.2) is 0 Å². The lowest BCUT2D eigenvalue weighted by atomic mass is 9.73. The van der Waals surface area contributed by atoms with Crippen LogP contribution in [0.25, 0.3) is 0 Å². The fraction of sp³-hybridized carbons (Fsp3) is 0.792. The van der Waals surface area contributed by atoms with Crippen LogP contribution in [0.5, 0.6) is 0 Å². The Labute approximate surface area is 193 Å². The Bertz CT molecular complexity index is 903. The van der Waals surface area contributed by atoms with Gasteiger partial charge in [0.25, 0.3) is 0 Å². The van der Waals surface area contributed by atoms with Crippen molar-refractivity contribution in [1.82, 2.24) is 0 Å². The smallest absolute Gasteiger partial charge is 0.344 e. The summed E-state index contributed by atoms with van der Waals surface area (Å²) in [7, 11) is 0. The molecule has 0 spiro atoms. The molecule has 0 amide bonds. The van der Waals surface area contributed by atoms with Crippen molar-refractivity contribution >= 4 is 23.9 Å². The molecule has 4 rings (SSSR count). The van der Waals surface area contributed by atoms with Gasteiger partial charge in [-0.05, 0) is 58.3 Å². The lowest BCUT2D eigenvalue weighted by molar-refractivity contribution is -0.178. The number of hydrogen-bond acceptors (Lipinski definition) is 9. The zero-order valence-electron chi connectivity index (χ0n) is 19.4. The summed E-state index contributed by atoms with van der Waals surface area (Å²) in [5.74, 6) is -3.25. The van der Waals surface area contributed by atoms with Crippen molar-refractivity contribution in [3.05, 3.63) is 0 Å². The molecule has 0 aromatic heterocycles. The number of rotatable bonds is 8. The molecule has 1 heterocycles. The van der Waals surface area contributed by atoms with Crippen molar-refractivity contribution in [3.8, 4) is 6.07 Å². The van der Waals surface area contributed by atoms with Crippen molar-refractivity contribution in [3.63, 3.8) is 0 Å². The molecule has 0 radical (unpaired) electrons. The summed E-state index contributed by atoms with van der Waals surface area (Å²) in [5.41, 5.74) is -3.15. The number of carbonyl (C=O) groups excluding carboxylic acids is 4. The Morgan fingerprint density at radius 3 is 2.55 bits per heavy atom. The van der Waals surface area contributed by atoms with Gasteiger partial charge < -0.3 is 18.9 Å². The Morgan fingerprint density at radius 1 is 1.24 bits per heavy atom. The number of ether oxygens (including phenoxy) is 4. The third kappa shape index (κ3) is 3.58. The molecule has 3 aliphatic carbocycles. The topological polar surface area (TPSA) is 129 Å². The largest absolute Gasteiger partial charge is 0.458 e. The van der Waals surface area contributed by atoms with Crippen molar-refractivity contribution in [1.29, 1.82) is 5.26 Å². The van der Waals surface area contributed by atoms with Crippen LogP contribution >= 0.6 is 0 Å². The van der Waals surface area contributed by atoms with E-state index in [9.17, 15) is 19.2 Å². The van der Waals surface area contributed by atoms with Gasteiger partial charge in [0.1, 0.15) is 17.8 Å². The highest BCUT2D eigenvalue weighted by atomic mass is 16.6. The quantitative estimate of drug-likeness (QED) is 0.304. The fourth-order valence-corrected chi connectivity index (χ4v) is 6.01. The van der Waals surface area contributed by atoms with Crippen LogP contribution in [0, 0.1) is 34.0 Å². The standard InChI is InChI=1S/C24H31NO8/c1-4-22(3,13-25)19(27)30-12-16(26)31-17-14-10-15-18(17)32-20(28)24(15,11-14)21(29)33-23(5-2)8-6-7-9-23/h14-15,17-18H,4-12H2,1-3H3. The summed E-state index contributed by atoms with van der Waals surface area (Å²) in [6.07, 6.45) is 3.94. The first-order chi connectivity index (χ1) is 15.6. The monoisotopic (exact) mass is 461 g/mol. The number of hydrogen-bond donors (Lipinski definition) is 0. The first kappa shape index (κ1) is 23.5. The summed E-state index contributed by atoms with van der Waals surface area (Å²) in [6, 6.07) is 1.89. The molecule has 33 heavy (non-hydrogen) atoms. The molecule has 3 saturated carbocycles. The summed E-state index contributed by atoms with van der Waals surface area (Å²) in [5, 5.41) is 9.16. The van der Waals surface area contributed by atoms with E-state index in [-0.39, 0.29) is 24.7 Å². The SMILES string of the molecule is CCC1(OC(=O)C23CC4CC2C(OC3=O)C4OC(=O)COC(=O)C(C)(C#N)CC)CCCC1. The predicted octanol–water partition coefficient (Wildman–Crippen LogP) is 2.60. The van der Waals surface area contributed by atoms with E-state index in [4.69, 9.17) is 24.2 Å². The van der Waals surface area contributed by atoms with Crippen LogP contribution in [0.3, 0.4) is 0 Å². The summed E-state index contributed by atoms with van der Waals surface area (Å²) >= 11 is 0. The van der Waals surface area contributed by atoms with Gasteiger partial charge in [-0.25, -0.2) is 4.79 Å². The molecule has 0 aromatic carbocycles. The molecule has 2 bridgehead atoms. The Kier molecular flexibility index (Phi) is 5.92. The molecule has 0 N–H and O–H groups in total. The number of carbonyl (C=O) groups is 4. The molecular weight excluding hydrogens is 430 g/mol. The normalized spacial score (nSPS) is 34.8. The number of esters is 4. The maximum absolute atomic E-state index is 13.3. The number of nitrogens with zero attached hydrogens (tertiary/aromatic N) is 1. The molecule has 4 fully saturated rings. The minimum atomic E-state index is -1.33. The van der Waals surface area contributed by atoms with Crippen LogP contribution in [-0.2, 0) is 38.1 Å². The van der Waals surface area contributed by atoms with E-state index >= 15 is 0 Å². The van der Waals surface area contributed by atoms with Crippen LogP contribution < -0.4 is 0 Å². The lowest BCUT2D eigenvalue weighted by Crippen LogP contribution is -2.48. The van der Waals surface area contributed by atoms with Crippen molar-refractivity contribution in [2.75, 3.05) is 6.61 Å². The molecule has 9 nitrogen and oxygen atoms in total. The first-order valence-corrected chi connectivity index (χ1v) is 11.9. The van der Waals surface area contributed by atoms with Crippen LogP contribution in [0.2, 0.25) is 0 Å². The van der Waals surface area contributed by atoms with Gasteiger partial charge in [0.2, 0.25) is 0 Å². The second kappa shape index (κ2) is 8.30. The average molecular weight is 462 g/mol. The zero-order chi connectivity index (χ0) is 24.0. The van der Waals surface area contributed by atoms with Crippen molar-refractivity contribution < 1.29 is 38.1 Å². The van der Waals surface area contributed by atoms with Crippen LogP contribution in [-0.4, -0.2) is 48.3 Å². The van der Waals surface area contributed by atoms with Crippen molar-refractivity contribution in [2.45, 2.75) is 89.9 Å². The number of nitriles is 1. The van der Waals surface area contributed by atoms with Gasteiger partial charge in [-0.15, -0.1) is 0 Å². The maximum Gasteiger partial charge on any atom is 0.344 e. The number of fused-ring (bicyclic) bond motifs is 1. The van der Waals surface area contributed by atoms with Crippen molar-refractivity contribution in [2.24, 2.45) is 22.7 Å². The highest BCUT2D eigenvalue weighted by Crippen LogP contribution is 2.63. The van der Waals surface area contributed by atoms with E-state index in [1.807, 2.05) is 13.0 Å². The Balaban J connectivity index is 1.39. The van der Waals surface area contributed by atoms with E-state index in [0.29, 0.717) is 12.8 Å². The van der Waals surface area contributed by atoms with Gasteiger partial charge in [0.15, 0.2) is 17.4 Å². The van der Waals surface area contributed by atoms with Crippen LogP contribution in [0.1, 0.15) is 72.1 Å². The summed E-state index contributed by atoms with van der Waals surface area (Å²) in [4.78, 5) is 50.6. The molecule has 4 aliphatic rings. The minimum absolute atomic E-state index is 0.208. The fourth-order valence-electron chi connectivity index (χ4n) is 6.01. The van der Waals surface area contributed by atoms with E-state index in [1.54, 1.807) is 6.92 Å². The summed E-state index contributed by atoms with van der Waals surface area (Å²) < 4.78 is 22.0. The molecule has 0 aromatic rings. The summed E-state index contributed by atoms with van der Waals surface area (Å²) in [6.45, 7) is 4.49. The molecule has 6 atom stereocenters. The molecule has 1 aliphatic heterocycles. The Morgan fingerprint density at radius 2 is 1.94 bits per heavy atom. The molecule has 180 valence electrons. The minimum Gasteiger partial charge on any atom is -0.458 e. The van der Waals surface area contributed by atoms with Gasteiger partial charge >= 0.3 is 23.9 Å². The highest BCUT2D eigenvalue weighted by Gasteiger charge is 2.75. The zero-order valence-corrected chi connectivity index (χ0v) is 19.4. The Hall–Kier alpha value is -2.63. The molecular formula is C24H31NO8. The predicted molar refractivity (Wildman–Crippen MR) is 111 cm³/mol.